The summed E-state index contributed by atoms with van der Waals surface area (Å²) in [7, 11) is 0. The van der Waals surface area contributed by atoms with Gasteiger partial charge in [0.25, 0.3) is 0 Å². The van der Waals surface area contributed by atoms with Gasteiger partial charge in [0.1, 0.15) is 6.10 Å². The van der Waals surface area contributed by atoms with Gasteiger partial charge in [-0.15, -0.1) is 0 Å². The Morgan fingerprint density at radius 2 is 1.91 bits per heavy atom. The average Bonchev–Trinajstić information content (AvgIpc) is 3.14. The van der Waals surface area contributed by atoms with E-state index in [1.807, 2.05) is 18.2 Å². The molecular weight excluding hydrogens is 288 g/mol. The molecule has 126 valence electrons. The zero-order chi connectivity index (χ0) is 15.9. The minimum absolute atomic E-state index is 0.0411. The van der Waals surface area contributed by atoms with Gasteiger partial charge in [-0.25, -0.2) is 0 Å². The van der Waals surface area contributed by atoms with Crippen molar-refractivity contribution >= 4 is 5.78 Å². The first kappa shape index (κ1) is 16.7. The Morgan fingerprint density at radius 1 is 1.13 bits per heavy atom. The quantitative estimate of drug-likeness (QED) is 0.758. The Hall–Kier alpha value is -1.19. The highest BCUT2D eigenvalue weighted by Gasteiger charge is 2.32. The first-order valence-electron chi connectivity index (χ1n) is 9.10. The maximum atomic E-state index is 12.8. The van der Waals surface area contributed by atoms with Crippen molar-refractivity contribution in [3.8, 4) is 0 Å². The van der Waals surface area contributed by atoms with Crippen LogP contribution in [0.15, 0.2) is 30.3 Å². The number of carbonyl (C=O) groups excluding carboxylic acids is 1. The summed E-state index contributed by atoms with van der Waals surface area (Å²) in [5.41, 5.74) is 1.14. The monoisotopic (exact) mass is 316 g/mol. The third kappa shape index (κ3) is 4.89. The van der Waals surface area contributed by atoms with Crippen molar-refractivity contribution in [1.29, 1.82) is 0 Å². The van der Waals surface area contributed by atoms with Crippen molar-refractivity contribution in [2.24, 2.45) is 11.8 Å². The molecule has 0 amide bonds. The van der Waals surface area contributed by atoms with E-state index in [0.29, 0.717) is 25.7 Å². The third-order valence-corrected chi connectivity index (χ3v) is 5.22. The molecule has 1 saturated heterocycles. The first-order chi connectivity index (χ1) is 11.3. The number of benzene rings is 1. The van der Waals surface area contributed by atoms with Crippen LogP contribution in [-0.2, 0) is 20.9 Å². The van der Waals surface area contributed by atoms with Gasteiger partial charge >= 0.3 is 0 Å². The molecule has 1 aromatic carbocycles. The molecular formula is C20H28O3. The summed E-state index contributed by atoms with van der Waals surface area (Å²) in [6, 6.07) is 10.1. The minimum Gasteiger partial charge on any atom is -0.381 e. The predicted molar refractivity (Wildman–Crippen MR) is 90.1 cm³/mol. The molecule has 0 bridgehead atoms. The topological polar surface area (TPSA) is 35.5 Å². The molecule has 1 heterocycles. The lowest BCUT2D eigenvalue weighted by Crippen LogP contribution is -2.33. The molecule has 3 rings (SSSR count). The van der Waals surface area contributed by atoms with Crippen LogP contribution in [0.5, 0.6) is 0 Å². The Balaban J connectivity index is 1.60. The summed E-state index contributed by atoms with van der Waals surface area (Å²) in [6.45, 7) is 1.82. The number of hydrogen-bond donors (Lipinski definition) is 0. The van der Waals surface area contributed by atoms with E-state index in [0.717, 1.165) is 18.4 Å². The number of hydrogen-bond acceptors (Lipinski definition) is 3. The number of ether oxygens (including phenoxy) is 2. The Bertz CT molecular complexity index is 473. The molecule has 3 nitrogen and oxygen atoms in total. The molecule has 0 aromatic heterocycles. The van der Waals surface area contributed by atoms with E-state index in [1.54, 1.807) is 0 Å². The molecule has 0 radical (unpaired) electrons. The lowest BCUT2D eigenvalue weighted by atomic mass is 9.83. The zero-order valence-corrected chi connectivity index (χ0v) is 13.9. The van der Waals surface area contributed by atoms with Gasteiger partial charge in [-0.05, 0) is 24.3 Å². The van der Waals surface area contributed by atoms with Gasteiger partial charge in [0.05, 0.1) is 13.2 Å². The maximum Gasteiger partial charge on any atom is 0.167 e. The Kier molecular flexibility index (Phi) is 6.23. The van der Waals surface area contributed by atoms with Crippen molar-refractivity contribution in [1.82, 2.24) is 0 Å². The van der Waals surface area contributed by atoms with E-state index in [2.05, 4.69) is 12.1 Å². The minimum atomic E-state index is -0.259. The maximum absolute atomic E-state index is 12.8. The molecule has 2 unspecified atom stereocenters. The summed E-state index contributed by atoms with van der Waals surface area (Å²) < 4.78 is 11.5. The molecule has 1 aliphatic heterocycles. The summed E-state index contributed by atoms with van der Waals surface area (Å²) in [5, 5.41) is 0. The normalized spacial score (nSPS) is 23.7. The van der Waals surface area contributed by atoms with Gasteiger partial charge in [-0.1, -0.05) is 62.4 Å². The van der Waals surface area contributed by atoms with Crippen LogP contribution in [0.3, 0.4) is 0 Å². The van der Waals surface area contributed by atoms with E-state index in [9.17, 15) is 4.79 Å². The highest BCUT2D eigenvalue weighted by Crippen LogP contribution is 2.30. The van der Waals surface area contributed by atoms with Crippen molar-refractivity contribution in [2.75, 3.05) is 13.2 Å². The second-order valence-corrected chi connectivity index (χ2v) is 6.99. The molecule has 2 atom stereocenters. The summed E-state index contributed by atoms with van der Waals surface area (Å²) in [4.78, 5) is 12.8. The zero-order valence-electron chi connectivity index (χ0n) is 13.9. The van der Waals surface area contributed by atoms with Crippen LogP contribution in [0.1, 0.15) is 50.5 Å². The van der Waals surface area contributed by atoms with Crippen molar-refractivity contribution in [2.45, 2.75) is 57.7 Å². The third-order valence-electron chi connectivity index (χ3n) is 5.22. The fraction of sp³-hybridized carbons (Fsp3) is 0.650. The molecule has 1 aromatic rings. The van der Waals surface area contributed by atoms with E-state index >= 15 is 0 Å². The number of Topliss-reactive ketones (excluding diaryl/α,β-unsaturated/α-hetero) is 1. The summed E-state index contributed by atoms with van der Waals surface area (Å²) in [6.07, 6.45) is 7.94. The fourth-order valence-corrected chi connectivity index (χ4v) is 3.78. The second kappa shape index (κ2) is 8.60. The molecule has 0 N–H and O–H groups in total. The van der Waals surface area contributed by atoms with Crippen LogP contribution in [0.25, 0.3) is 0 Å². The largest absolute Gasteiger partial charge is 0.381 e. The van der Waals surface area contributed by atoms with Crippen LogP contribution >= 0.6 is 0 Å². The molecule has 3 heteroatoms. The SMILES string of the molecule is O=C(C1CCOC1)C(CC1CCCCC1)OCc1ccccc1. The van der Waals surface area contributed by atoms with Crippen LogP contribution in [0.4, 0.5) is 0 Å². The van der Waals surface area contributed by atoms with Gasteiger partial charge in [0, 0.05) is 12.5 Å². The Morgan fingerprint density at radius 3 is 2.61 bits per heavy atom. The van der Waals surface area contributed by atoms with Crippen LogP contribution in [0, 0.1) is 11.8 Å². The fourth-order valence-electron chi connectivity index (χ4n) is 3.78. The number of rotatable bonds is 7. The van der Waals surface area contributed by atoms with Crippen molar-refractivity contribution < 1.29 is 14.3 Å². The van der Waals surface area contributed by atoms with Gasteiger partial charge in [0.15, 0.2) is 5.78 Å². The molecule has 1 aliphatic carbocycles. The van der Waals surface area contributed by atoms with E-state index in [1.165, 1.54) is 32.1 Å². The molecule has 23 heavy (non-hydrogen) atoms. The highest BCUT2D eigenvalue weighted by atomic mass is 16.5. The highest BCUT2D eigenvalue weighted by molar-refractivity contribution is 5.85. The second-order valence-electron chi connectivity index (χ2n) is 6.99. The van der Waals surface area contributed by atoms with Gasteiger partial charge in [0.2, 0.25) is 0 Å². The average molecular weight is 316 g/mol. The summed E-state index contributed by atoms with van der Waals surface area (Å²) >= 11 is 0. The van der Waals surface area contributed by atoms with Crippen LogP contribution < -0.4 is 0 Å². The smallest absolute Gasteiger partial charge is 0.167 e. The lowest BCUT2D eigenvalue weighted by Gasteiger charge is -2.27. The Labute approximate surface area is 139 Å². The molecule has 2 fully saturated rings. The van der Waals surface area contributed by atoms with E-state index in [4.69, 9.17) is 9.47 Å². The van der Waals surface area contributed by atoms with Gasteiger partial charge in [-0.3, -0.25) is 4.79 Å². The standard InChI is InChI=1S/C20H28O3/c21-20(18-11-12-22-15-18)19(13-16-7-3-1-4-8-16)23-14-17-9-5-2-6-10-17/h2,5-6,9-10,16,18-19H,1,3-4,7-8,11-15H2. The molecule has 0 spiro atoms. The van der Waals surface area contributed by atoms with Gasteiger partial charge in [-0.2, -0.15) is 0 Å². The van der Waals surface area contributed by atoms with Crippen molar-refractivity contribution in [3.63, 3.8) is 0 Å². The van der Waals surface area contributed by atoms with Crippen molar-refractivity contribution in [3.05, 3.63) is 35.9 Å². The van der Waals surface area contributed by atoms with E-state index < -0.39 is 0 Å². The molecule has 2 aliphatic rings. The van der Waals surface area contributed by atoms with E-state index in [-0.39, 0.29) is 17.8 Å². The number of carbonyl (C=O) groups is 1. The van der Waals surface area contributed by atoms with Gasteiger partial charge < -0.3 is 9.47 Å². The predicted octanol–water partition coefficient (Wildman–Crippen LogP) is 4.15. The molecule has 1 saturated carbocycles. The lowest BCUT2D eigenvalue weighted by molar-refractivity contribution is -0.137. The van der Waals surface area contributed by atoms with Crippen LogP contribution in [0.2, 0.25) is 0 Å². The van der Waals surface area contributed by atoms with Crippen LogP contribution in [-0.4, -0.2) is 25.1 Å². The number of ketones is 1. The summed E-state index contributed by atoms with van der Waals surface area (Å²) in [5.74, 6) is 0.958. The first-order valence-corrected chi connectivity index (χ1v) is 9.10.